The number of sulfonamides is 1. The maximum absolute atomic E-state index is 14.4. The van der Waals surface area contributed by atoms with Crippen LogP contribution >= 0.6 is 0 Å². The van der Waals surface area contributed by atoms with Gasteiger partial charge in [0, 0.05) is 17.6 Å². The Morgan fingerprint density at radius 2 is 1.77 bits per heavy atom. The fourth-order valence-electron chi connectivity index (χ4n) is 4.22. The van der Waals surface area contributed by atoms with Gasteiger partial charge in [0.25, 0.3) is 0 Å². The summed E-state index contributed by atoms with van der Waals surface area (Å²) in [5.41, 5.74) is 2.20. The molecule has 0 amide bonds. The molecule has 31 heavy (non-hydrogen) atoms. The molecule has 1 fully saturated rings. The molecule has 1 aliphatic rings. The molecule has 2 heterocycles. The molecule has 2 aromatic heterocycles. The Morgan fingerprint density at radius 1 is 1.06 bits per heavy atom. The fourth-order valence-corrected chi connectivity index (χ4v) is 4.66. The number of aromatic nitrogens is 3. The molecule has 1 aliphatic carbocycles. The molecule has 0 unspecified atom stereocenters. The van der Waals surface area contributed by atoms with E-state index in [1.54, 1.807) is 16.8 Å². The van der Waals surface area contributed by atoms with Gasteiger partial charge in [0.05, 0.1) is 23.4 Å². The minimum Gasteiger partial charge on any atom is -0.352 e. The van der Waals surface area contributed by atoms with Gasteiger partial charge in [0.1, 0.15) is 22.3 Å². The van der Waals surface area contributed by atoms with E-state index in [0.717, 1.165) is 11.6 Å². The highest BCUT2D eigenvalue weighted by Gasteiger charge is 2.36. The van der Waals surface area contributed by atoms with Crippen LogP contribution in [0.25, 0.3) is 22.2 Å². The number of hydrogen-bond acceptors (Lipinski definition) is 3. The van der Waals surface area contributed by atoms with Gasteiger partial charge in [0.2, 0.25) is 10.0 Å². The summed E-state index contributed by atoms with van der Waals surface area (Å²) in [6, 6.07) is 7.81. The van der Waals surface area contributed by atoms with Gasteiger partial charge in [-0.05, 0) is 60.2 Å². The second kappa shape index (κ2) is 6.96. The highest BCUT2D eigenvalue weighted by molar-refractivity contribution is 7.89. The number of benzene rings is 2. The van der Waals surface area contributed by atoms with E-state index in [1.807, 2.05) is 0 Å². The number of nitrogens with zero attached hydrogens (tertiary/aromatic N) is 2. The van der Waals surface area contributed by atoms with Crippen LogP contribution < -0.4 is 5.14 Å². The quantitative estimate of drug-likeness (QED) is 0.492. The van der Waals surface area contributed by atoms with Crippen LogP contribution in [0.3, 0.4) is 0 Å². The van der Waals surface area contributed by atoms with Crippen LogP contribution in [0.4, 0.5) is 13.2 Å². The molecule has 5 rings (SSSR count). The van der Waals surface area contributed by atoms with Crippen LogP contribution in [0.5, 0.6) is 0 Å². The molecule has 0 spiro atoms. The van der Waals surface area contributed by atoms with Crippen molar-refractivity contribution in [3.05, 3.63) is 71.8 Å². The Bertz CT molecular complexity index is 1400. The van der Waals surface area contributed by atoms with Crippen molar-refractivity contribution >= 4 is 20.9 Å². The molecule has 4 aromatic rings. The number of hydrogen-bond donors (Lipinski definition) is 2. The van der Waals surface area contributed by atoms with Crippen LogP contribution in [-0.2, 0) is 10.0 Å². The highest BCUT2D eigenvalue weighted by Crippen LogP contribution is 2.50. The van der Waals surface area contributed by atoms with Gasteiger partial charge in [-0.25, -0.2) is 26.7 Å². The third kappa shape index (κ3) is 3.41. The molecular weight excluding hydrogens is 429 g/mol. The summed E-state index contributed by atoms with van der Waals surface area (Å²) in [6.45, 7) is 0. The van der Waals surface area contributed by atoms with Crippen LogP contribution in [0.2, 0.25) is 0 Å². The number of rotatable bonds is 4. The molecule has 2 aromatic carbocycles. The summed E-state index contributed by atoms with van der Waals surface area (Å²) < 4.78 is 66.4. The van der Waals surface area contributed by atoms with E-state index >= 15 is 0 Å². The van der Waals surface area contributed by atoms with Gasteiger partial charge < -0.3 is 4.98 Å². The summed E-state index contributed by atoms with van der Waals surface area (Å²) >= 11 is 0. The van der Waals surface area contributed by atoms with Crippen molar-refractivity contribution in [2.45, 2.75) is 29.7 Å². The average molecular weight is 446 g/mol. The molecule has 6 nitrogen and oxygen atoms in total. The molecule has 10 heteroatoms. The van der Waals surface area contributed by atoms with Crippen LogP contribution in [0, 0.1) is 17.5 Å². The van der Waals surface area contributed by atoms with Crippen LogP contribution in [0.1, 0.15) is 30.4 Å². The smallest absolute Gasteiger partial charge is 0.241 e. The molecule has 1 saturated carbocycles. The summed E-state index contributed by atoms with van der Waals surface area (Å²) in [6.07, 6.45) is 3.75. The first-order valence-corrected chi connectivity index (χ1v) is 11.1. The second-order valence-corrected chi connectivity index (χ2v) is 9.32. The standard InChI is InChI=1S/C21H17F3N4O2S/c22-13-3-1-11(2-4-13)20-19(17-7-14(23)8-18(24)21(17)27-20)12-5-15(6-12)28-10-16(9-26-28)31(25,29)30/h1-4,7-10,12,15,27H,5-6H2,(H2,25,29,30). The van der Waals surface area contributed by atoms with Gasteiger partial charge in [-0.2, -0.15) is 5.10 Å². The van der Waals surface area contributed by atoms with Crippen molar-refractivity contribution in [1.29, 1.82) is 0 Å². The van der Waals surface area contributed by atoms with E-state index in [4.69, 9.17) is 5.14 Å². The Labute approximate surface area is 175 Å². The highest BCUT2D eigenvalue weighted by atomic mass is 32.2. The van der Waals surface area contributed by atoms with Gasteiger partial charge in [0.15, 0.2) is 0 Å². The van der Waals surface area contributed by atoms with Crippen LogP contribution in [-0.4, -0.2) is 23.2 Å². The van der Waals surface area contributed by atoms with Crippen molar-refractivity contribution in [3.8, 4) is 11.3 Å². The SMILES string of the molecule is NS(=O)(=O)c1cnn(C2CC(c3c(-c4ccc(F)cc4)[nH]c4c(F)cc(F)cc34)C2)c1. The van der Waals surface area contributed by atoms with Gasteiger partial charge >= 0.3 is 0 Å². The lowest BCUT2D eigenvalue weighted by atomic mass is 9.74. The first kappa shape index (κ1) is 19.8. The molecule has 160 valence electrons. The summed E-state index contributed by atoms with van der Waals surface area (Å²) in [5, 5.41) is 9.66. The Kier molecular flexibility index (Phi) is 4.45. The number of nitrogens with two attached hydrogens (primary N) is 1. The third-order valence-corrected chi connectivity index (χ3v) is 6.67. The zero-order valence-corrected chi connectivity index (χ0v) is 16.8. The lowest BCUT2D eigenvalue weighted by Crippen LogP contribution is -2.26. The largest absolute Gasteiger partial charge is 0.352 e. The second-order valence-electron chi connectivity index (χ2n) is 7.75. The van der Waals surface area contributed by atoms with E-state index in [0.29, 0.717) is 29.5 Å². The number of nitrogens with one attached hydrogen (secondary N) is 1. The third-order valence-electron chi connectivity index (χ3n) is 5.80. The van der Waals surface area contributed by atoms with Gasteiger partial charge in [-0.15, -0.1) is 0 Å². The number of halogens is 3. The average Bonchev–Trinajstić information content (AvgIpc) is 3.28. The number of aromatic amines is 1. The Morgan fingerprint density at radius 3 is 2.42 bits per heavy atom. The number of primary sulfonamides is 1. The van der Waals surface area contributed by atoms with Crippen molar-refractivity contribution in [2.24, 2.45) is 5.14 Å². The maximum Gasteiger partial charge on any atom is 0.241 e. The van der Waals surface area contributed by atoms with E-state index in [2.05, 4.69) is 10.1 Å². The van der Waals surface area contributed by atoms with E-state index < -0.39 is 27.5 Å². The monoisotopic (exact) mass is 446 g/mol. The van der Waals surface area contributed by atoms with Crippen molar-refractivity contribution in [2.75, 3.05) is 0 Å². The molecular formula is C21H17F3N4O2S. The fraction of sp³-hybridized carbons (Fsp3) is 0.190. The maximum atomic E-state index is 14.4. The zero-order chi connectivity index (χ0) is 21.9. The molecule has 0 saturated heterocycles. The molecule has 0 bridgehead atoms. The van der Waals surface area contributed by atoms with E-state index in [9.17, 15) is 21.6 Å². The minimum atomic E-state index is -3.84. The van der Waals surface area contributed by atoms with Gasteiger partial charge in [-0.1, -0.05) is 0 Å². The summed E-state index contributed by atoms with van der Waals surface area (Å²) in [5.74, 6) is -1.84. The van der Waals surface area contributed by atoms with E-state index in [-0.39, 0.29) is 22.4 Å². The van der Waals surface area contributed by atoms with E-state index in [1.165, 1.54) is 30.6 Å². The number of fused-ring (bicyclic) bond motifs is 1. The number of H-pyrrole nitrogens is 1. The normalized spacial score (nSPS) is 19.0. The molecule has 3 N–H and O–H groups in total. The topological polar surface area (TPSA) is 93.8 Å². The molecule has 0 radical (unpaired) electrons. The van der Waals surface area contributed by atoms with Crippen LogP contribution in [0.15, 0.2) is 53.7 Å². The predicted molar refractivity (Wildman–Crippen MR) is 108 cm³/mol. The lowest BCUT2D eigenvalue weighted by molar-refractivity contribution is 0.246. The first-order valence-electron chi connectivity index (χ1n) is 9.54. The predicted octanol–water partition coefficient (Wildman–Crippen LogP) is 4.21. The Hall–Kier alpha value is -3.11. The lowest BCUT2D eigenvalue weighted by Gasteiger charge is -2.36. The summed E-state index contributed by atoms with van der Waals surface area (Å²) in [7, 11) is -3.84. The zero-order valence-electron chi connectivity index (χ0n) is 16.0. The van der Waals surface area contributed by atoms with Crippen molar-refractivity contribution < 1.29 is 21.6 Å². The Balaban J connectivity index is 1.54. The molecule has 0 aliphatic heterocycles. The first-order chi connectivity index (χ1) is 14.7. The van der Waals surface area contributed by atoms with Gasteiger partial charge in [-0.3, -0.25) is 4.68 Å². The summed E-state index contributed by atoms with van der Waals surface area (Å²) in [4.78, 5) is 2.97. The van der Waals surface area contributed by atoms with Crippen molar-refractivity contribution in [3.63, 3.8) is 0 Å². The minimum absolute atomic E-state index is 0.0536. The van der Waals surface area contributed by atoms with Crippen molar-refractivity contribution in [1.82, 2.24) is 14.8 Å². The molecule has 0 atom stereocenters.